The highest BCUT2D eigenvalue weighted by Crippen LogP contribution is 2.20. The molecule has 0 aliphatic carbocycles. The monoisotopic (exact) mass is 975 g/mol. The van der Waals surface area contributed by atoms with E-state index in [9.17, 15) is 39.0 Å². The summed E-state index contributed by atoms with van der Waals surface area (Å²) in [5.74, 6) is -2.32. The lowest BCUT2D eigenvalue weighted by Crippen LogP contribution is -2.47. The number of hydrogen-bond donors (Lipinski definition) is 2. The normalized spacial score (nSPS) is 13.5. The van der Waals surface area contributed by atoms with Gasteiger partial charge in [-0.05, 0) is 51.4 Å². The Morgan fingerprint density at radius 2 is 0.721 bits per heavy atom. The fraction of sp³-hybridized carbons (Fsp3) is 0.885. The van der Waals surface area contributed by atoms with Gasteiger partial charge in [0.25, 0.3) is 0 Å². The van der Waals surface area contributed by atoms with Crippen LogP contribution < -0.4 is 0 Å². The minimum absolute atomic E-state index is 0.106. The number of carbonyl (C=O) groups is 6. The van der Waals surface area contributed by atoms with Crippen LogP contribution in [-0.4, -0.2) is 154 Å². The number of aliphatic hydroxyl groups excluding tert-OH is 2. The van der Waals surface area contributed by atoms with Gasteiger partial charge in [0.15, 0.2) is 13.1 Å². The smallest absolute Gasteiger partial charge is 0.362 e. The third-order valence-electron chi connectivity index (χ3n) is 12.2. The first-order chi connectivity index (χ1) is 32.3. The van der Waals surface area contributed by atoms with Crippen molar-refractivity contribution in [3.8, 4) is 0 Å². The highest BCUT2D eigenvalue weighted by Gasteiger charge is 2.29. The molecule has 0 aromatic carbocycles. The third-order valence-corrected chi connectivity index (χ3v) is 12.2. The Labute approximate surface area is 411 Å². The van der Waals surface area contributed by atoms with Gasteiger partial charge in [-0.1, -0.05) is 123 Å². The molecule has 0 aliphatic rings. The van der Waals surface area contributed by atoms with E-state index in [4.69, 9.17) is 28.4 Å². The molecule has 4 atom stereocenters. The molecule has 4 unspecified atom stereocenters. The van der Waals surface area contributed by atoms with E-state index >= 15 is 0 Å². The first-order valence-corrected chi connectivity index (χ1v) is 26.3. The zero-order chi connectivity index (χ0) is 51.1. The van der Waals surface area contributed by atoms with Crippen molar-refractivity contribution in [1.29, 1.82) is 0 Å². The Morgan fingerprint density at radius 1 is 0.412 bits per heavy atom. The molecule has 2 N–H and O–H groups in total. The summed E-state index contributed by atoms with van der Waals surface area (Å²) in [5.41, 5.74) is 0. The van der Waals surface area contributed by atoms with Crippen LogP contribution in [0.25, 0.3) is 0 Å². The molecule has 16 nitrogen and oxygen atoms in total. The van der Waals surface area contributed by atoms with Crippen molar-refractivity contribution in [3.63, 3.8) is 0 Å². The maximum absolute atomic E-state index is 12.9. The third kappa shape index (κ3) is 39.5. The Bertz CT molecular complexity index is 1360. The van der Waals surface area contributed by atoms with E-state index in [1.165, 1.54) is 33.1 Å². The van der Waals surface area contributed by atoms with Crippen molar-refractivity contribution >= 4 is 35.8 Å². The fourth-order valence-corrected chi connectivity index (χ4v) is 7.86. The molecule has 68 heavy (non-hydrogen) atoms. The minimum atomic E-state index is -0.763. The Hall–Kier alpha value is -3.34. The quantitative estimate of drug-likeness (QED) is 0.0194. The second kappa shape index (κ2) is 40.4. The SMILES string of the molecule is CCCCCCCCC(OC(=O)C[N+](C)(C)CCOC(C)=O)C(O)CCCCCCCC(=O)OCOC(=O)CCCCCCCC(O)C(CCCCCCC)OC(=O)C[N+](C)(C)CCOC(C)=O. The Kier molecular flexibility index (Phi) is 38.4. The van der Waals surface area contributed by atoms with Crippen molar-refractivity contribution in [2.75, 3.05) is 74.4 Å². The summed E-state index contributed by atoms with van der Waals surface area (Å²) in [6.07, 6.45) is 19.8. The molecule has 0 spiro atoms. The molecule has 0 fully saturated rings. The molecule has 0 aromatic heterocycles. The minimum Gasteiger partial charge on any atom is -0.460 e. The summed E-state index contributed by atoms with van der Waals surface area (Å²) >= 11 is 0. The van der Waals surface area contributed by atoms with Crippen molar-refractivity contribution in [3.05, 3.63) is 0 Å². The van der Waals surface area contributed by atoms with Gasteiger partial charge in [0.1, 0.15) is 38.5 Å². The lowest BCUT2D eigenvalue weighted by molar-refractivity contribution is -0.883. The zero-order valence-corrected chi connectivity index (χ0v) is 44.0. The number of ether oxygens (including phenoxy) is 6. The summed E-state index contributed by atoms with van der Waals surface area (Å²) < 4.78 is 32.6. The molecule has 0 bridgehead atoms. The average Bonchev–Trinajstić information content (AvgIpc) is 3.24. The van der Waals surface area contributed by atoms with Crippen LogP contribution in [0.4, 0.5) is 0 Å². The first-order valence-electron chi connectivity index (χ1n) is 26.3. The lowest BCUT2D eigenvalue weighted by atomic mass is 9.99. The van der Waals surface area contributed by atoms with E-state index in [1.54, 1.807) is 0 Å². The largest absolute Gasteiger partial charge is 0.460 e. The van der Waals surface area contributed by atoms with Gasteiger partial charge in [0.2, 0.25) is 6.79 Å². The second-order valence-corrected chi connectivity index (χ2v) is 20.0. The number of likely N-dealkylation sites (N-methyl/N-ethyl adjacent to an activating group) is 2. The van der Waals surface area contributed by atoms with Crippen molar-refractivity contribution in [1.82, 2.24) is 0 Å². The molecule has 0 aliphatic heterocycles. The van der Waals surface area contributed by atoms with Crippen molar-refractivity contribution < 1.29 is 76.4 Å². The van der Waals surface area contributed by atoms with Crippen molar-refractivity contribution in [2.24, 2.45) is 0 Å². The van der Waals surface area contributed by atoms with Crippen LogP contribution in [0, 0.1) is 0 Å². The highest BCUT2D eigenvalue weighted by atomic mass is 16.7. The van der Waals surface area contributed by atoms with Crippen molar-refractivity contribution in [2.45, 2.75) is 225 Å². The maximum Gasteiger partial charge on any atom is 0.362 e. The van der Waals surface area contributed by atoms with Crippen LogP contribution in [0.1, 0.15) is 201 Å². The van der Waals surface area contributed by atoms with Gasteiger partial charge >= 0.3 is 35.8 Å². The van der Waals surface area contributed by atoms with Crippen LogP contribution in [-0.2, 0) is 57.2 Å². The number of hydrogen-bond acceptors (Lipinski definition) is 14. The number of rotatable bonds is 45. The fourth-order valence-electron chi connectivity index (χ4n) is 7.86. The van der Waals surface area contributed by atoms with Gasteiger partial charge in [-0.2, -0.15) is 0 Å². The Balaban J connectivity index is 4.41. The predicted octanol–water partition coefficient (Wildman–Crippen LogP) is 8.43. The second-order valence-electron chi connectivity index (χ2n) is 20.0. The molecule has 0 saturated heterocycles. The number of nitrogens with zero attached hydrogens (tertiary/aromatic N) is 2. The zero-order valence-electron chi connectivity index (χ0n) is 44.0. The Morgan fingerprint density at radius 3 is 1.06 bits per heavy atom. The molecule has 0 radical (unpaired) electrons. The molecule has 16 heteroatoms. The summed E-state index contributed by atoms with van der Waals surface area (Å²) in [4.78, 5) is 72.5. The molecule has 0 rings (SSSR count). The van der Waals surface area contributed by atoms with Crippen LogP contribution in [0.3, 0.4) is 0 Å². The molecular formula is C52H98N2O14+2. The van der Waals surface area contributed by atoms with Crippen LogP contribution in [0.5, 0.6) is 0 Å². The predicted molar refractivity (Wildman–Crippen MR) is 262 cm³/mol. The van der Waals surface area contributed by atoms with Gasteiger partial charge in [-0.3, -0.25) is 19.2 Å². The molecule has 0 amide bonds. The molecule has 0 saturated carbocycles. The van der Waals surface area contributed by atoms with Gasteiger partial charge < -0.3 is 47.6 Å². The standard InChI is InChI=1S/C52H98N2O14/c1-9-11-13-15-21-27-33-48(68-52(62)41-54(7,8)37-39-64-44(4)56)46(58)31-25-20-17-23-29-35-50(60)66-42-65-49(59)34-28-22-16-19-24-30-45(57)47(32-26-18-14-12-10-2)67-51(61)40-53(5,6)36-38-63-43(3)55/h45-48,57-58H,9-42H2,1-8H3/q+2. The average molecular weight is 975 g/mol. The number of quaternary nitrogens is 2. The van der Waals surface area contributed by atoms with Crippen LogP contribution in [0.15, 0.2) is 0 Å². The molecular weight excluding hydrogens is 877 g/mol. The number of esters is 6. The summed E-state index contributed by atoms with van der Waals surface area (Å²) in [6.45, 7) is 8.21. The van der Waals surface area contributed by atoms with E-state index < -0.39 is 43.1 Å². The summed E-state index contributed by atoms with van der Waals surface area (Å²) in [7, 11) is 7.50. The van der Waals surface area contributed by atoms with Gasteiger partial charge in [0.05, 0.1) is 40.4 Å². The number of carbonyl (C=O) groups excluding carboxylic acids is 6. The van der Waals surface area contributed by atoms with Crippen LogP contribution >= 0.6 is 0 Å². The van der Waals surface area contributed by atoms with E-state index in [2.05, 4.69) is 13.8 Å². The summed E-state index contributed by atoms with van der Waals surface area (Å²) in [5, 5.41) is 22.1. The maximum atomic E-state index is 12.9. The van der Waals surface area contributed by atoms with E-state index in [-0.39, 0.29) is 63.0 Å². The number of aliphatic hydroxyl groups is 2. The van der Waals surface area contributed by atoms with Gasteiger partial charge in [0, 0.05) is 26.7 Å². The first kappa shape index (κ1) is 64.7. The topological polar surface area (TPSA) is 198 Å². The number of unbranched alkanes of at least 4 members (excludes halogenated alkanes) is 17. The molecule has 0 aromatic rings. The molecule has 398 valence electrons. The highest BCUT2D eigenvalue weighted by molar-refractivity contribution is 5.72. The van der Waals surface area contributed by atoms with E-state index in [1.807, 2.05) is 28.2 Å². The van der Waals surface area contributed by atoms with Crippen LogP contribution in [0.2, 0.25) is 0 Å². The summed E-state index contributed by atoms with van der Waals surface area (Å²) in [6, 6.07) is 0. The van der Waals surface area contributed by atoms with E-state index in [0.29, 0.717) is 60.6 Å². The van der Waals surface area contributed by atoms with Gasteiger partial charge in [-0.25, -0.2) is 9.59 Å². The lowest BCUT2D eigenvalue weighted by Gasteiger charge is -2.30. The molecule has 0 heterocycles. The van der Waals surface area contributed by atoms with Gasteiger partial charge in [-0.15, -0.1) is 0 Å². The van der Waals surface area contributed by atoms with E-state index in [0.717, 1.165) is 103 Å².